The Morgan fingerprint density at radius 3 is 2.69 bits per heavy atom. The molecule has 2 atom stereocenters. The first-order valence-electron chi connectivity index (χ1n) is 9.89. The molecule has 2 unspecified atom stereocenters. The number of aliphatic hydroxyl groups excluding tert-OH is 1. The van der Waals surface area contributed by atoms with Crippen LogP contribution in [0.2, 0.25) is 0 Å². The minimum atomic E-state index is -0.788. The van der Waals surface area contributed by atoms with Crippen LogP contribution >= 0.6 is 0 Å². The fraction of sp³-hybridized carbons (Fsp3) is 0.333. The van der Waals surface area contributed by atoms with E-state index < -0.39 is 11.7 Å². The molecule has 0 saturated carbocycles. The van der Waals surface area contributed by atoms with Gasteiger partial charge in [0, 0.05) is 16.6 Å². The molecule has 2 aromatic carbocycles. The first-order valence-corrected chi connectivity index (χ1v) is 9.89. The standard InChI is InChI=1S/C24H25N3O2/c1-15-13-17(14-25)18-9-10-19-21(26-12-11-16-7-5-4-6-8-16)23(28)24(2,3)29-22(19)20(18)27-15/h4-10,13,21,23,26,28H,11-12H2,1-3H3. The normalized spacial score (nSPS) is 20.0. The topological polar surface area (TPSA) is 78.2 Å². The molecule has 2 heterocycles. The minimum Gasteiger partial charge on any atom is -0.482 e. The van der Waals surface area contributed by atoms with Crippen molar-refractivity contribution in [1.82, 2.24) is 10.3 Å². The number of nitrogens with zero attached hydrogens (tertiary/aromatic N) is 2. The van der Waals surface area contributed by atoms with E-state index >= 15 is 0 Å². The highest BCUT2D eigenvalue weighted by Gasteiger charge is 2.43. The summed E-state index contributed by atoms with van der Waals surface area (Å²) in [6.07, 6.45) is 0.146. The molecule has 148 valence electrons. The summed E-state index contributed by atoms with van der Waals surface area (Å²) in [7, 11) is 0. The maximum atomic E-state index is 11.0. The van der Waals surface area contributed by atoms with E-state index in [4.69, 9.17) is 4.74 Å². The van der Waals surface area contributed by atoms with Crippen LogP contribution in [0.15, 0.2) is 48.5 Å². The zero-order valence-corrected chi connectivity index (χ0v) is 16.9. The maximum absolute atomic E-state index is 11.0. The van der Waals surface area contributed by atoms with Crippen LogP contribution in [-0.4, -0.2) is 28.3 Å². The van der Waals surface area contributed by atoms with Gasteiger partial charge >= 0.3 is 0 Å². The van der Waals surface area contributed by atoms with Crippen LogP contribution in [0.4, 0.5) is 0 Å². The second kappa shape index (κ2) is 7.47. The van der Waals surface area contributed by atoms with Gasteiger partial charge in [0.25, 0.3) is 0 Å². The van der Waals surface area contributed by atoms with E-state index in [0.717, 1.165) is 29.6 Å². The number of nitrogens with one attached hydrogen (secondary N) is 1. The highest BCUT2D eigenvalue weighted by atomic mass is 16.5. The smallest absolute Gasteiger partial charge is 0.151 e. The van der Waals surface area contributed by atoms with Crippen LogP contribution in [0.5, 0.6) is 5.75 Å². The van der Waals surface area contributed by atoms with Gasteiger partial charge < -0.3 is 15.2 Å². The van der Waals surface area contributed by atoms with Crippen molar-refractivity contribution >= 4 is 10.9 Å². The fourth-order valence-corrected chi connectivity index (χ4v) is 3.99. The second-order valence-electron chi connectivity index (χ2n) is 8.12. The molecule has 0 saturated heterocycles. The third kappa shape index (κ3) is 3.57. The van der Waals surface area contributed by atoms with Crippen molar-refractivity contribution in [3.63, 3.8) is 0 Å². The average molecular weight is 387 g/mol. The molecule has 1 aromatic heterocycles. The first-order chi connectivity index (χ1) is 13.9. The molecule has 1 aliphatic rings. The molecular formula is C24H25N3O2. The maximum Gasteiger partial charge on any atom is 0.151 e. The second-order valence-corrected chi connectivity index (χ2v) is 8.12. The zero-order valence-electron chi connectivity index (χ0n) is 16.9. The van der Waals surface area contributed by atoms with Crippen molar-refractivity contribution in [3.8, 4) is 11.8 Å². The summed E-state index contributed by atoms with van der Waals surface area (Å²) in [5.74, 6) is 0.648. The Kier molecular flexibility index (Phi) is 4.99. The lowest BCUT2D eigenvalue weighted by atomic mass is 9.85. The van der Waals surface area contributed by atoms with Gasteiger partial charge in [-0.1, -0.05) is 42.5 Å². The number of fused-ring (bicyclic) bond motifs is 3. The summed E-state index contributed by atoms with van der Waals surface area (Å²) in [5.41, 5.74) is 3.35. The predicted octanol–water partition coefficient (Wildman–Crippen LogP) is 3.82. The Morgan fingerprint density at radius 1 is 1.21 bits per heavy atom. The number of ether oxygens (including phenoxy) is 1. The van der Waals surface area contributed by atoms with E-state index in [1.807, 2.05) is 51.1 Å². The van der Waals surface area contributed by atoms with Crippen LogP contribution in [-0.2, 0) is 6.42 Å². The zero-order chi connectivity index (χ0) is 20.6. The lowest BCUT2D eigenvalue weighted by Gasteiger charge is -2.42. The van der Waals surface area contributed by atoms with E-state index in [-0.39, 0.29) is 6.04 Å². The van der Waals surface area contributed by atoms with Crippen LogP contribution in [0, 0.1) is 18.3 Å². The minimum absolute atomic E-state index is 0.283. The summed E-state index contributed by atoms with van der Waals surface area (Å²) < 4.78 is 6.23. The summed E-state index contributed by atoms with van der Waals surface area (Å²) in [6, 6.07) is 17.9. The van der Waals surface area contributed by atoms with Gasteiger partial charge in [0.2, 0.25) is 0 Å². The summed E-state index contributed by atoms with van der Waals surface area (Å²) in [4.78, 5) is 4.66. The van der Waals surface area contributed by atoms with Gasteiger partial charge in [-0.3, -0.25) is 0 Å². The van der Waals surface area contributed by atoms with Gasteiger partial charge in [-0.05, 0) is 45.4 Å². The number of aryl methyl sites for hydroxylation is 1. The Labute approximate surface area is 171 Å². The monoisotopic (exact) mass is 387 g/mol. The lowest BCUT2D eigenvalue weighted by Crippen LogP contribution is -2.52. The SMILES string of the molecule is Cc1cc(C#N)c2ccc3c(c2n1)OC(C)(C)C(O)C3NCCc1ccccc1. The highest BCUT2D eigenvalue weighted by molar-refractivity contribution is 5.91. The number of aromatic nitrogens is 1. The number of pyridine rings is 1. The molecule has 0 aliphatic carbocycles. The Bertz CT molecular complexity index is 1090. The molecule has 2 N–H and O–H groups in total. The van der Waals surface area contributed by atoms with Crippen LogP contribution in [0.25, 0.3) is 10.9 Å². The lowest BCUT2D eigenvalue weighted by molar-refractivity contribution is -0.0634. The van der Waals surface area contributed by atoms with Crippen LogP contribution < -0.4 is 10.1 Å². The fourth-order valence-electron chi connectivity index (χ4n) is 3.99. The number of hydrogen-bond donors (Lipinski definition) is 2. The first kappa shape index (κ1) is 19.4. The summed E-state index contributed by atoms with van der Waals surface area (Å²) >= 11 is 0. The van der Waals surface area contributed by atoms with Crippen molar-refractivity contribution in [3.05, 3.63) is 70.9 Å². The van der Waals surface area contributed by atoms with Gasteiger partial charge in [0.05, 0.1) is 17.7 Å². The number of benzene rings is 2. The quantitative estimate of drug-likeness (QED) is 0.712. The Morgan fingerprint density at radius 2 is 1.97 bits per heavy atom. The molecule has 29 heavy (non-hydrogen) atoms. The summed E-state index contributed by atoms with van der Waals surface area (Å²) in [6.45, 7) is 6.36. The number of nitriles is 1. The third-order valence-electron chi connectivity index (χ3n) is 5.56. The van der Waals surface area contributed by atoms with Crippen LogP contribution in [0.1, 0.15) is 42.3 Å². The molecule has 5 nitrogen and oxygen atoms in total. The van der Waals surface area contributed by atoms with E-state index in [0.29, 0.717) is 16.8 Å². The molecule has 4 rings (SSSR count). The Balaban J connectivity index is 1.73. The molecule has 0 spiro atoms. The Hall–Kier alpha value is -2.94. The molecule has 1 aliphatic heterocycles. The number of rotatable bonds is 4. The molecule has 0 radical (unpaired) electrons. The van der Waals surface area contributed by atoms with Crippen molar-refractivity contribution in [2.45, 2.75) is 44.9 Å². The van der Waals surface area contributed by atoms with Crippen LogP contribution in [0.3, 0.4) is 0 Å². The van der Waals surface area contributed by atoms with Gasteiger partial charge in [0.1, 0.15) is 17.2 Å². The summed E-state index contributed by atoms with van der Waals surface area (Å²) in [5, 5.41) is 24.8. The van der Waals surface area contributed by atoms with Gasteiger partial charge in [0.15, 0.2) is 5.75 Å². The molecule has 0 fully saturated rings. The van der Waals surface area contributed by atoms with Crippen molar-refractivity contribution in [2.75, 3.05) is 6.54 Å². The third-order valence-corrected chi connectivity index (χ3v) is 5.56. The molecular weight excluding hydrogens is 362 g/mol. The largest absolute Gasteiger partial charge is 0.482 e. The highest BCUT2D eigenvalue weighted by Crippen LogP contribution is 2.43. The van der Waals surface area contributed by atoms with Crippen molar-refractivity contribution in [1.29, 1.82) is 5.26 Å². The van der Waals surface area contributed by atoms with Gasteiger partial charge in [-0.2, -0.15) is 5.26 Å². The number of aliphatic hydroxyl groups is 1. The molecule has 0 amide bonds. The predicted molar refractivity (Wildman–Crippen MR) is 113 cm³/mol. The molecule has 5 heteroatoms. The van der Waals surface area contributed by atoms with E-state index in [9.17, 15) is 10.4 Å². The van der Waals surface area contributed by atoms with Gasteiger partial charge in [-0.15, -0.1) is 0 Å². The van der Waals surface area contributed by atoms with E-state index in [1.165, 1.54) is 5.56 Å². The van der Waals surface area contributed by atoms with E-state index in [1.54, 1.807) is 6.07 Å². The molecule has 0 bridgehead atoms. The average Bonchev–Trinajstić information content (AvgIpc) is 2.71. The van der Waals surface area contributed by atoms with E-state index in [2.05, 4.69) is 28.5 Å². The van der Waals surface area contributed by atoms with Gasteiger partial charge in [-0.25, -0.2) is 4.98 Å². The van der Waals surface area contributed by atoms with Crippen molar-refractivity contribution in [2.24, 2.45) is 0 Å². The number of hydrogen-bond acceptors (Lipinski definition) is 5. The van der Waals surface area contributed by atoms with Crippen molar-refractivity contribution < 1.29 is 9.84 Å². The molecule has 3 aromatic rings.